The summed E-state index contributed by atoms with van der Waals surface area (Å²) >= 11 is 3.42. The van der Waals surface area contributed by atoms with Gasteiger partial charge in [0.15, 0.2) is 5.76 Å². The van der Waals surface area contributed by atoms with Crippen LogP contribution in [0.5, 0.6) is 0 Å². The highest BCUT2D eigenvalue weighted by Crippen LogP contribution is 2.27. The highest BCUT2D eigenvalue weighted by Gasteiger charge is 2.15. The third kappa shape index (κ3) is 2.94. The molecule has 0 saturated heterocycles. The fraction of sp³-hybridized carbons (Fsp3) is 0.231. The van der Waals surface area contributed by atoms with Crippen molar-refractivity contribution >= 4 is 21.9 Å². The molecule has 0 aliphatic carbocycles. The predicted octanol–water partition coefficient (Wildman–Crippen LogP) is 2.90. The zero-order valence-electron chi connectivity index (χ0n) is 11.3. The second-order valence-corrected chi connectivity index (χ2v) is 5.11. The molecule has 0 bridgehead atoms. The van der Waals surface area contributed by atoms with Gasteiger partial charge in [-0.05, 0) is 34.5 Å². The Balaban J connectivity index is 2.07. The maximum Gasteiger partial charge on any atom is 0.256 e. The van der Waals surface area contributed by atoms with E-state index in [1.54, 1.807) is 29.4 Å². The zero-order chi connectivity index (χ0) is 14.7. The molecule has 8 heteroatoms. The lowest BCUT2D eigenvalue weighted by molar-refractivity contribution is 0.575. The molecule has 0 saturated carbocycles. The van der Waals surface area contributed by atoms with Gasteiger partial charge in [0, 0.05) is 18.9 Å². The lowest BCUT2D eigenvalue weighted by atomic mass is 10.4. The fourth-order valence-corrected chi connectivity index (χ4v) is 2.10. The minimum atomic E-state index is 0.437. The van der Waals surface area contributed by atoms with Crippen LogP contribution in [0.3, 0.4) is 0 Å². The molecule has 0 unspecified atom stereocenters. The van der Waals surface area contributed by atoms with Gasteiger partial charge in [0.2, 0.25) is 11.8 Å². The summed E-state index contributed by atoms with van der Waals surface area (Å²) in [4.78, 5) is 13.2. The predicted molar refractivity (Wildman–Crippen MR) is 81.1 cm³/mol. The van der Waals surface area contributed by atoms with Crippen molar-refractivity contribution in [3.63, 3.8) is 0 Å². The Kier molecular flexibility index (Phi) is 3.96. The first-order chi connectivity index (χ1) is 10.3. The lowest BCUT2D eigenvalue weighted by Crippen LogP contribution is -2.10. The van der Waals surface area contributed by atoms with E-state index in [0.717, 1.165) is 17.4 Å². The number of hydrogen-bond donors (Lipinski definition) is 1. The highest BCUT2D eigenvalue weighted by molar-refractivity contribution is 9.10. The highest BCUT2D eigenvalue weighted by atomic mass is 79.9. The molecular weight excluding hydrogens is 336 g/mol. The summed E-state index contributed by atoms with van der Waals surface area (Å²) in [5, 5.41) is 7.30. The summed E-state index contributed by atoms with van der Waals surface area (Å²) in [7, 11) is 0. The number of nitrogens with one attached hydrogen (secondary N) is 1. The first-order valence-electron chi connectivity index (χ1n) is 6.51. The van der Waals surface area contributed by atoms with Gasteiger partial charge in [0.1, 0.15) is 0 Å². The molecule has 3 heterocycles. The first-order valence-corrected chi connectivity index (χ1v) is 7.30. The summed E-state index contributed by atoms with van der Waals surface area (Å²) in [6.07, 6.45) is 6.00. The lowest BCUT2D eigenvalue weighted by Gasteiger charge is -2.07. The van der Waals surface area contributed by atoms with Crippen LogP contribution in [0.25, 0.3) is 17.5 Å². The van der Waals surface area contributed by atoms with Crippen LogP contribution >= 0.6 is 15.9 Å². The minimum Gasteiger partial charge on any atom is -0.460 e. The normalized spacial score (nSPS) is 10.8. The van der Waals surface area contributed by atoms with E-state index in [1.807, 2.05) is 6.07 Å². The standard InChI is InChI=1S/C13H13BrN6O/c1-2-5-15-12-17-11(10-9(14)4-8-21-10)18-13(19-12)20-7-3-6-16-20/h3-4,6-8H,2,5H2,1H3,(H,15,17,18,19). The Labute approximate surface area is 129 Å². The third-order valence-corrected chi connectivity index (χ3v) is 3.31. The van der Waals surface area contributed by atoms with Gasteiger partial charge in [-0.2, -0.15) is 20.1 Å². The van der Waals surface area contributed by atoms with Crippen molar-refractivity contribution in [2.24, 2.45) is 0 Å². The Morgan fingerprint density at radius 2 is 2.24 bits per heavy atom. The molecule has 0 fully saturated rings. The second-order valence-electron chi connectivity index (χ2n) is 4.26. The Bertz CT molecular complexity index is 724. The SMILES string of the molecule is CCCNc1nc(-c2occc2Br)nc(-n2cccn2)n1. The summed E-state index contributed by atoms with van der Waals surface area (Å²) in [5.41, 5.74) is 0. The third-order valence-electron chi connectivity index (χ3n) is 2.69. The number of furan rings is 1. The molecule has 3 aromatic heterocycles. The Morgan fingerprint density at radius 3 is 2.90 bits per heavy atom. The molecule has 3 aromatic rings. The maximum absolute atomic E-state index is 5.43. The molecule has 0 atom stereocenters. The van der Waals surface area contributed by atoms with Crippen molar-refractivity contribution in [3.05, 3.63) is 35.3 Å². The molecule has 7 nitrogen and oxygen atoms in total. The number of anilines is 1. The monoisotopic (exact) mass is 348 g/mol. The van der Waals surface area contributed by atoms with Crippen molar-refractivity contribution in [2.75, 3.05) is 11.9 Å². The summed E-state index contributed by atoms with van der Waals surface area (Å²) in [6.45, 7) is 2.86. The van der Waals surface area contributed by atoms with E-state index >= 15 is 0 Å². The number of halogens is 1. The van der Waals surface area contributed by atoms with E-state index in [0.29, 0.717) is 23.5 Å². The molecule has 0 aliphatic rings. The average Bonchev–Trinajstić information content (AvgIpc) is 3.16. The van der Waals surface area contributed by atoms with Crippen LogP contribution in [0.2, 0.25) is 0 Å². The molecule has 3 rings (SSSR count). The van der Waals surface area contributed by atoms with Crippen LogP contribution in [0.15, 0.2) is 39.7 Å². The van der Waals surface area contributed by atoms with Crippen molar-refractivity contribution in [1.82, 2.24) is 24.7 Å². The second kappa shape index (κ2) is 6.04. The van der Waals surface area contributed by atoms with Gasteiger partial charge in [-0.25, -0.2) is 4.68 Å². The summed E-state index contributed by atoms with van der Waals surface area (Å²) in [6, 6.07) is 3.61. The van der Waals surface area contributed by atoms with Crippen molar-refractivity contribution in [3.8, 4) is 17.5 Å². The van der Waals surface area contributed by atoms with Gasteiger partial charge >= 0.3 is 0 Å². The molecule has 1 N–H and O–H groups in total. The van der Waals surface area contributed by atoms with Gasteiger partial charge in [0.25, 0.3) is 5.95 Å². The average molecular weight is 349 g/mol. The molecule has 21 heavy (non-hydrogen) atoms. The van der Waals surface area contributed by atoms with Crippen LogP contribution in [0.4, 0.5) is 5.95 Å². The molecule has 0 spiro atoms. The number of aromatic nitrogens is 5. The van der Waals surface area contributed by atoms with E-state index in [9.17, 15) is 0 Å². The summed E-state index contributed by atoms with van der Waals surface area (Å²) < 4.78 is 7.80. The van der Waals surface area contributed by atoms with Crippen molar-refractivity contribution in [1.29, 1.82) is 0 Å². The van der Waals surface area contributed by atoms with Gasteiger partial charge in [0.05, 0.1) is 10.7 Å². The number of hydrogen-bond acceptors (Lipinski definition) is 6. The van der Waals surface area contributed by atoms with Crippen LogP contribution in [-0.2, 0) is 0 Å². The van der Waals surface area contributed by atoms with Gasteiger partial charge < -0.3 is 9.73 Å². The van der Waals surface area contributed by atoms with Gasteiger partial charge in [-0.1, -0.05) is 6.92 Å². The van der Waals surface area contributed by atoms with Crippen molar-refractivity contribution in [2.45, 2.75) is 13.3 Å². The van der Waals surface area contributed by atoms with Crippen LogP contribution in [0.1, 0.15) is 13.3 Å². The Morgan fingerprint density at radius 1 is 1.33 bits per heavy atom. The maximum atomic E-state index is 5.43. The minimum absolute atomic E-state index is 0.437. The van der Waals surface area contributed by atoms with E-state index in [2.05, 4.69) is 48.2 Å². The largest absolute Gasteiger partial charge is 0.460 e. The zero-order valence-corrected chi connectivity index (χ0v) is 12.9. The number of rotatable bonds is 5. The first kappa shape index (κ1) is 13.7. The van der Waals surface area contributed by atoms with Crippen molar-refractivity contribution < 1.29 is 4.42 Å². The van der Waals surface area contributed by atoms with Crippen LogP contribution in [0, 0.1) is 0 Å². The number of nitrogens with zero attached hydrogens (tertiary/aromatic N) is 5. The Hall–Kier alpha value is -2.22. The van der Waals surface area contributed by atoms with E-state index in [-0.39, 0.29) is 0 Å². The van der Waals surface area contributed by atoms with Crippen LogP contribution in [-0.4, -0.2) is 31.3 Å². The molecular formula is C13H13BrN6O. The van der Waals surface area contributed by atoms with E-state index < -0.39 is 0 Å². The van der Waals surface area contributed by atoms with E-state index in [4.69, 9.17) is 4.42 Å². The molecule has 108 valence electrons. The molecule has 0 aliphatic heterocycles. The van der Waals surface area contributed by atoms with Gasteiger partial charge in [-0.3, -0.25) is 0 Å². The topological polar surface area (TPSA) is 81.7 Å². The molecule has 0 aromatic carbocycles. The van der Waals surface area contributed by atoms with Gasteiger partial charge in [-0.15, -0.1) is 0 Å². The summed E-state index contributed by atoms with van der Waals surface area (Å²) in [5.74, 6) is 1.94. The van der Waals surface area contributed by atoms with Crippen LogP contribution < -0.4 is 5.32 Å². The smallest absolute Gasteiger partial charge is 0.256 e. The van der Waals surface area contributed by atoms with E-state index in [1.165, 1.54) is 0 Å². The quantitative estimate of drug-likeness (QED) is 0.763. The molecule has 0 amide bonds. The molecule has 0 radical (unpaired) electrons. The fourth-order valence-electron chi connectivity index (χ4n) is 1.73.